The van der Waals surface area contributed by atoms with Gasteiger partial charge in [-0.15, -0.1) is 0 Å². The number of hydrogen-bond acceptors (Lipinski definition) is 5. The molecule has 0 atom stereocenters. The zero-order valence-electron chi connectivity index (χ0n) is 11.6. The van der Waals surface area contributed by atoms with Gasteiger partial charge in [-0.2, -0.15) is 0 Å². The van der Waals surface area contributed by atoms with E-state index in [1.54, 1.807) is 18.3 Å². The van der Waals surface area contributed by atoms with Crippen molar-refractivity contribution in [3.8, 4) is 17.1 Å². The van der Waals surface area contributed by atoms with Gasteiger partial charge < -0.3 is 14.8 Å². The Morgan fingerprint density at radius 2 is 2.14 bits per heavy atom. The molecule has 5 heteroatoms. The number of anilines is 1. The van der Waals surface area contributed by atoms with Gasteiger partial charge in [0.15, 0.2) is 12.2 Å². The minimum atomic E-state index is 0.194. The summed E-state index contributed by atoms with van der Waals surface area (Å²) < 4.78 is 5.28. The van der Waals surface area contributed by atoms with E-state index < -0.39 is 0 Å². The number of rotatable bonds is 4. The molecule has 3 aromatic rings. The second kappa shape index (κ2) is 5.66. The van der Waals surface area contributed by atoms with Gasteiger partial charge in [-0.05, 0) is 31.2 Å². The highest BCUT2D eigenvalue weighted by Gasteiger charge is 2.05. The molecule has 0 fully saturated rings. The Balaban J connectivity index is 1.76. The van der Waals surface area contributed by atoms with Crippen molar-refractivity contribution in [1.29, 1.82) is 0 Å². The third-order valence-corrected chi connectivity index (χ3v) is 3.13. The molecule has 0 spiro atoms. The van der Waals surface area contributed by atoms with E-state index in [0.29, 0.717) is 12.2 Å². The summed E-state index contributed by atoms with van der Waals surface area (Å²) in [5, 5.41) is 13.0. The summed E-state index contributed by atoms with van der Waals surface area (Å²) in [7, 11) is 0. The van der Waals surface area contributed by atoms with Gasteiger partial charge in [-0.3, -0.25) is 4.98 Å². The van der Waals surface area contributed by atoms with E-state index in [0.717, 1.165) is 22.7 Å². The highest BCUT2D eigenvalue weighted by molar-refractivity contribution is 5.63. The third-order valence-electron chi connectivity index (χ3n) is 3.13. The van der Waals surface area contributed by atoms with E-state index in [1.165, 1.54) is 6.39 Å². The van der Waals surface area contributed by atoms with Crippen molar-refractivity contribution in [2.24, 2.45) is 0 Å². The monoisotopic (exact) mass is 281 g/mol. The number of aromatic hydroxyl groups is 1. The van der Waals surface area contributed by atoms with Crippen LogP contribution in [0.2, 0.25) is 0 Å². The molecular formula is C16H15N3O2. The Kier molecular flexibility index (Phi) is 3.55. The number of nitrogens with one attached hydrogen (secondary N) is 1. The molecule has 21 heavy (non-hydrogen) atoms. The summed E-state index contributed by atoms with van der Waals surface area (Å²) in [5.74, 6) is 0.912. The van der Waals surface area contributed by atoms with Crippen LogP contribution in [0.25, 0.3) is 11.3 Å². The van der Waals surface area contributed by atoms with Gasteiger partial charge in [0.1, 0.15) is 11.4 Å². The van der Waals surface area contributed by atoms with Crippen molar-refractivity contribution in [2.45, 2.75) is 13.5 Å². The average Bonchev–Trinajstić information content (AvgIpc) is 3.03. The van der Waals surface area contributed by atoms with Crippen molar-refractivity contribution < 1.29 is 9.52 Å². The molecule has 2 N–H and O–H groups in total. The van der Waals surface area contributed by atoms with Crippen LogP contribution < -0.4 is 5.32 Å². The number of benzene rings is 1. The van der Waals surface area contributed by atoms with E-state index in [4.69, 9.17) is 4.42 Å². The second-order valence-corrected chi connectivity index (χ2v) is 4.72. The van der Waals surface area contributed by atoms with E-state index in [9.17, 15) is 5.11 Å². The lowest BCUT2D eigenvalue weighted by molar-refractivity contribution is 0.464. The molecule has 0 aliphatic heterocycles. The molecule has 5 nitrogen and oxygen atoms in total. The van der Waals surface area contributed by atoms with Crippen molar-refractivity contribution >= 4 is 5.69 Å². The van der Waals surface area contributed by atoms with E-state index >= 15 is 0 Å². The van der Waals surface area contributed by atoms with Crippen LogP contribution in [0.4, 0.5) is 5.69 Å². The van der Waals surface area contributed by atoms with Crippen molar-refractivity contribution in [3.63, 3.8) is 0 Å². The van der Waals surface area contributed by atoms with Gasteiger partial charge in [0.25, 0.3) is 0 Å². The quantitative estimate of drug-likeness (QED) is 0.767. The molecular weight excluding hydrogens is 266 g/mol. The molecule has 2 aromatic heterocycles. The van der Waals surface area contributed by atoms with Crippen LogP contribution in [0.3, 0.4) is 0 Å². The summed E-state index contributed by atoms with van der Waals surface area (Å²) in [6, 6.07) is 11.2. The summed E-state index contributed by atoms with van der Waals surface area (Å²) in [5.41, 5.74) is 3.37. The number of pyridine rings is 1. The smallest absolute Gasteiger partial charge is 0.181 e. The third kappa shape index (κ3) is 3.02. The zero-order valence-corrected chi connectivity index (χ0v) is 11.6. The summed E-state index contributed by atoms with van der Waals surface area (Å²) in [4.78, 5) is 8.23. The number of oxazole rings is 1. The van der Waals surface area contributed by atoms with E-state index in [-0.39, 0.29) is 5.75 Å². The Hall–Kier alpha value is -2.82. The number of aromatic nitrogens is 2. The normalized spacial score (nSPS) is 10.5. The van der Waals surface area contributed by atoms with Gasteiger partial charge in [-0.1, -0.05) is 12.1 Å². The fraction of sp³-hybridized carbons (Fsp3) is 0.125. The first-order valence-corrected chi connectivity index (χ1v) is 6.60. The molecule has 0 amide bonds. The Morgan fingerprint density at radius 3 is 2.95 bits per heavy atom. The molecule has 0 unspecified atom stereocenters. The minimum absolute atomic E-state index is 0.194. The topological polar surface area (TPSA) is 71.2 Å². The fourth-order valence-electron chi connectivity index (χ4n) is 2.06. The maximum atomic E-state index is 9.79. The van der Waals surface area contributed by atoms with Crippen LogP contribution in [-0.4, -0.2) is 15.1 Å². The SMILES string of the molecule is Cc1ccc(O)c(CNc2cccc(-c3cnco3)c2)n1. The molecule has 0 saturated carbocycles. The predicted octanol–water partition coefficient (Wildman–Crippen LogP) is 3.36. The molecule has 0 radical (unpaired) electrons. The predicted molar refractivity (Wildman–Crippen MR) is 79.9 cm³/mol. The second-order valence-electron chi connectivity index (χ2n) is 4.72. The first kappa shape index (κ1) is 13.2. The largest absolute Gasteiger partial charge is 0.506 e. The summed E-state index contributed by atoms with van der Waals surface area (Å²) in [6.45, 7) is 2.35. The lowest BCUT2D eigenvalue weighted by Crippen LogP contribution is -2.02. The van der Waals surface area contributed by atoms with Crippen LogP contribution in [0, 0.1) is 6.92 Å². The van der Waals surface area contributed by atoms with Gasteiger partial charge in [0.05, 0.1) is 12.7 Å². The number of aryl methyl sites for hydroxylation is 1. The molecule has 0 bridgehead atoms. The molecule has 0 aliphatic rings. The van der Waals surface area contributed by atoms with Crippen molar-refractivity contribution in [1.82, 2.24) is 9.97 Å². The molecule has 106 valence electrons. The maximum absolute atomic E-state index is 9.79. The number of nitrogens with zero attached hydrogens (tertiary/aromatic N) is 2. The number of hydrogen-bond donors (Lipinski definition) is 2. The van der Waals surface area contributed by atoms with Gasteiger partial charge in [0, 0.05) is 16.9 Å². The van der Waals surface area contributed by atoms with Gasteiger partial charge >= 0.3 is 0 Å². The lowest BCUT2D eigenvalue weighted by Gasteiger charge is -2.09. The Labute approximate surface area is 122 Å². The minimum Gasteiger partial charge on any atom is -0.506 e. The fourth-order valence-corrected chi connectivity index (χ4v) is 2.06. The van der Waals surface area contributed by atoms with Crippen LogP contribution in [0.1, 0.15) is 11.4 Å². The van der Waals surface area contributed by atoms with Crippen molar-refractivity contribution in [3.05, 3.63) is 60.4 Å². The standard InChI is InChI=1S/C16H15N3O2/c1-11-5-6-15(20)14(19-11)8-18-13-4-2-3-12(7-13)16-9-17-10-21-16/h2-7,9-10,18,20H,8H2,1H3. The first-order chi connectivity index (χ1) is 10.2. The Morgan fingerprint density at radius 1 is 1.24 bits per heavy atom. The maximum Gasteiger partial charge on any atom is 0.181 e. The first-order valence-electron chi connectivity index (χ1n) is 6.60. The van der Waals surface area contributed by atoms with Crippen LogP contribution in [0.15, 0.2) is 53.4 Å². The highest BCUT2D eigenvalue weighted by atomic mass is 16.3. The lowest BCUT2D eigenvalue weighted by atomic mass is 10.1. The molecule has 0 saturated heterocycles. The van der Waals surface area contributed by atoms with Gasteiger partial charge in [0.2, 0.25) is 0 Å². The molecule has 0 aliphatic carbocycles. The highest BCUT2D eigenvalue weighted by Crippen LogP contribution is 2.23. The van der Waals surface area contributed by atoms with E-state index in [2.05, 4.69) is 15.3 Å². The van der Waals surface area contributed by atoms with Crippen LogP contribution in [-0.2, 0) is 6.54 Å². The van der Waals surface area contributed by atoms with Crippen LogP contribution in [0.5, 0.6) is 5.75 Å². The van der Waals surface area contributed by atoms with E-state index in [1.807, 2.05) is 31.2 Å². The summed E-state index contributed by atoms with van der Waals surface area (Å²) >= 11 is 0. The molecule has 3 rings (SSSR count). The van der Waals surface area contributed by atoms with Crippen molar-refractivity contribution in [2.75, 3.05) is 5.32 Å². The van der Waals surface area contributed by atoms with Crippen LogP contribution >= 0.6 is 0 Å². The average molecular weight is 281 g/mol. The van der Waals surface area contributed by atoms with Gasteiger partial charge in [-0.25, -0.2) is 4.98 Å². The Bertz CT molecular complexity index is 739. The molecule has 1 aromatic carbocycles. The molecule has 2 heterocycles. The summed E-state index contributed by atoms with van der Waals surface area (Å²) in [6.07, 6.45) is 3.08. The zero-order chi connectivity index (χ0) is 14.7.